The van der Waals surface area contributed by atoms with Gasteiger partial charge in [-0.05, 0) is 18.9 Å². The number of rotatable bonds is 4. The lowest BCUT2D eigenvalue weighted by atomic mass is 10.1. The van der Waals surface area contributed by atoms with Gasteiger partial charge in [0.2, 0.25) is 0 Å². The standard InChI is InChI=1S/C13H16N4S/c1-3-11-12(13(14)18)15-16-17(11)8-10-6-4-9(2)5-7-10/h4-7H,3,8H2,1-2H3,(H2,14,18). The predicted molar refractivity (Wildman–Crippen MR) is 75.6 cm³/mol. The summed E-state index contributed by atoms with van der Waals surface area (Å²) in [5.41, 5.74) is 9.70. The van der Waals surface area contributed by atoms with E-state index in [9.17, 15) is 0 Å². The average molecular weight is 260 g/mol. The minimum absolute atomic E-state index is 0.307. The third kappa shape index (κ3) is 2.56. The van der Waals surface area contributed by atoms with E-state index < -0.39 is 0 Å². The largest absolute Gasteiger partial charge is 0.388 e. The van der Waals surface area contributed by atoms with Crippen LogP contribution in [0.4, 0.5) is 0 Å². The molecule has 2 rings (SSSR count). The lowest BCUT2D eigenvalue weighted by Crippen LogP contribution is -2.14. The predicted octanol–water partition coefficient (Wildman–Crippen LogP) is 1.83. The molecule has 1 heterocycles. The molecular weight excluding hydrogens is 244 g/mol. The third-order valence-corrected chi connectivity index (χ3v) is 3.05. The van der Waals surface area contributed by atoms with Crippen molar-refractivity contribution >= 4 is 17.2 Å². The maximum atomic E-state index is 5.63. The van der Waals surface area contributed by atoms with Crippen molar-refractivity contribution in [3.8, 4) is 0 Å². The van der Waals surface area contributed by atoms with Gasteiger partial charge in [0, 0.05) is 0 Å². The van der Waals surface area contributed by atoms with E-state index in [1.807, 2.05) is 11.6 Å². The fourth-order valence-corrected chi connectivity index (χ4v) is 2.03. The zero-order valence-electron chi connectivity index (χ0n) is 10.6. The molecule has 2 N–H and O–H groups in total. The van der Waals surface area contributed by atoms with Crippen LogP contribution in [-0.4, -0.2) is 20.0 Å². The molecule has 0 fully saturated rings. The summed E-state index contributed by atoms with van der Waals surface area (Å²) >= 11 is 4.97. The molecule has 0 aliphatic rings. The summed E-state index contributed by atoms with van der Waals surface area (Å²) in [6.07, 6.45) is 0.811. The normalized spacial score (nSPS) is 10.6. The molecule has 4 nitrogen and oxygen atoms in total. The Labute approximate surface area is 112 Å². The highest BCUT2D eigenvalue weighted by Gasteiger charge is 2.13. The summed E-state index contributed by atoms with van der Waals surface area (Å²) in [6, 6.07) is 8.37. The Morgan fingerprint density at radius 2 is 2.00 bits per heavy atom. The highest BCUT2D eigenvalue weighted by molar-refractivity contribution is 7.80. The van der Waals surface area contributed by atoms with Crippen molar-refractivity contribution in [2.24, 2.45) is 5.73 Å². The van der Waals surface area contributed by atoms with Crippen molar-refractivity contribution in [3.05, 3.63) is 46.8 Å². The van der Waals surface area contributed by atoms with E-state index in [1.54, 1.807) is 0 Å². The molecule has 5 heteroatoms. The quantitative estimate of drug-likeness (QED) is 0.852. The molecule has 0 bridgehead atoms. The van der Waals surface area contributed by atoms with E-state index in [2.05, 4.69) is 41.5 Å². The van der Waals surface area contributed by atoms with Gasteiger partial charge in [-0.1, -0.05) is 54.2 Å². The Bertz CT molecular complexity index is 557. The molecule has 0 saturated heterocycles. The molecule has 1 aromatic heterocycles. The Morgan fingerprint density at radius 3 is 2.56 bits per heavy atom. The van der Waals surface area contributed by atoms with Crippen molar-refractivity contribution < 1.29 is 0 Å². The molecule has 18 heavy (non-hydrogen) atoms. The topological polar surface area (TPSA) is 56.7 Å². The zero-order valence-corrected chi connectivity index (χ0v) is 11.4. The van der Waals surface area contributed by atoms with E-state index in [4.69, 9.17) is 18.0 Å². The van der Waals surface area contributed by atoms with Crippen LogP contribution in [0.5, 0.6) is 0 Å². The van der Waals surface area contributed by atoms with E-state index in [-0.39, 0.29) is 0 Å². The first-order valence-electron chi connectivity index (χ1n) is 5.89. The van der Waals surface area contributed by atoms with Crippen molar-refractivity contribution in [2.75, 3.05) is 0 Å². The van der Waals surface area contributed by atoms with Crippen LogP contribution in [0.15, 0.2) is 24.3 Å². The van der Waals surface area contributed by atoms with Crippen LogP contribution in [0.2, 0.25) is 0 Å². The van der Waals surface area contributed by atoms with Crippen LogP contribution >= 0.6 is 12.2 Å². The van der Waals surface area contributed by atoms with Crippen molar-refractivity contribution in [2.45, 2.75) is 26.8 Å². The number of hydrogen-bond acceptors (Lipinski definition) is 3. The number of benzene rings is 1. The first-order valence-corrected chi connectivity index (χ1v) is 6.30. The van der Waals surface area contributed by atoms with Crippen molar-refractivity contribution in [3.63, 3.8) is 0 Å². The van der Waals surface area contributed by atoms with E-state index in [0.717, 1.165) is 12.1 Å². The van der Waals surface area contributed by atoms with Crippen LogP contribution in [0, 0.1) is 6.92 Å². The summed E-state index contributed by atoms with van der Waals surface area (Å²) < 4.78 is 1.86. The summed E-state index contributed by atoms with van der Waals surface area (Å²) in [5.74, 6) is 0. The zero-order chi connectivity index (χ0) is 13.1. The van der Waals surface area contributed by atoms with E-state index in [1.165, 1.54) is 11.1 Å². The van der Waals surface area contributed by atoms with Gasteiger partial charge in [0.1, 0.15) is 10.7 Å². The van der Waals surface area contributed by atoms with Gasteiger partial charge in [-0.3, -0.25) is 0 Å². The lowest BCUT2D eigenvalue weighted by molar-refractivity contribution is 0.622. The third-order valence-electron chi connectivity index (χ3n) is 2.86. The molecule has 0 saturated carbocycles. The van der Waals surface area contributed by atoms with Gasteiger partial charge >= 0.3 is 0 Å². The fourth-order valence-electron chi connectivity index (χ4n) is 1.87. The van der Waals surface area contributed by atoms with Crippen LogP contribution < -0.4 is 5.73 Å². The molecule has 0 atom stereocenters. The van der Waals surface area contributed by atoms with E-state index in [0.29, 0.717) is 17.2 Å². The minimum Gasteiger partial charge on any atom is -0.388 e. The first kappa shape index (κ1) is 12.7. The molecule has 1 aromatic carbocycles. The average Bonchev–Trinajstić information content (AvgIpc) is 2.75. The van der Waals surface area contributed by atoms with Gasteiger partial charge < -0.3 is 5.73 Å². The molecule has 2 aromatic rings. The molecule has 0 amide bonds. The minimum atomic E-state index is 0.307. The molecule has 0 radical (unpaired) electrons. The second-order valence-corrected chi connectivity index (χ2v) is 4.69. The summed E-state index contributed by atoms with van der Waals surface area (Å²) in [7, 11) is 0. The number of thiocarbonyl (C=S) groups is 1. The van der Waals surface area contributed by atoms with Crippen LogP contribution in [0.25, 0.3) is 0 Å². The summed E-state index contributed by atoms with van der Waals surface area (Å²) in [6.45, 7) is 4.81. The molecule has 94 valence electrons. The Morgan fingerprint density at radius 1 is 1.33 bits per heavy atom. The maximum Gasteiger partial charge on any atom is 0.143 e. The summed E-state index contributed by atoms with van der Waals surface area (Å²) in [4.78, 5) is 0.307. The number of nitrogens with zero attached hydrogens (tertiary/aromatic N) is 3. The maximum absolute atomic E-state index is 5.63. The van der Waals surface area contributed by atoms with Gasteiger partial charge in [-0.2, -0.15) is 0 Å². The Balaban J connectivity index is 2.29. The molecule has 0 aliphatic heterocycles. The monoisotopic (exact) mass is 260 g/mol. The van der Waals surface area contributed by atoms with Crippen molar-refractivity contribution in [1.82, 2.24) is 15.0 Å². The number of aryl methyl sites for hydroxylation is 1. The van der Waals surface area contributed by atoms with Gasteiger partial charge in [0.25, 0.3) is 0 Å². The Kier molecular flexibility index (Phi) is 3.72. The summed E-state index contributed by atoms with van der Waals surface area (Å²) in [5, 5.41) is 8.17. The molecule has 0 spiro atoms. The molecule has 0 unspecified atom stereocenters. The smallest absolute Gasteiger partial charge is 0.143 e. The Hall–Kier alpha value is -1.75. The van der Waals surface area contributed by atoms with Crippen LogP contribution in [-0.2, 0) is 13.0 Å². The SMILES string of the molecule is CCc1c(C(N)=S)nnn1Cc1ccc(C)cc1. The first-order chi connectivity index (χ1) is 8.61. The molecular formula is C13H16N4S. The number of aromatic nitrogens is 3. The lowest BCUT2D eigenvalue weighted by Gasteiger charge is -2.06. The van der Waals surface area contributed by atoms with Crippen LogP contribution in [0.1, 0.15) is 29.4 Å². The number of hydrogen-bond donors (Lipinski definition) is 1. The van der Waals surface area contributed by atoms with E-state index >= 15 is 0 Å². The van der Waals surface area contributed by atoms with Crippen molar-refractivity contribution in [1.29, 1.82) is 0 Å². The van der Waals surface area contributed by atoms with Gasteiger partial charge in [-0.15, -0.1) is 5.10 Å². The fraction of sp³-hybridized carbons (Fsp3) is 0.308. The van der Waals surface area contributed by atoms with Gasteiger partial charge in [0.15, 0.2) is 0 Å². The van der Waals surface area contributed by atoms with Crippen LogP contribution in [0.3, 0.4) is 0 Å². The second-order valence-electron chi connectivity index (χ2n) is 4.25. The highest BCUT2D eigenvalue weighted by atomic mass is 32.1. The molecule has 0 aliphatic carbocycles. The van der Waals surface area contributed by atoms with Gasteiger partial charge in [-0.25, -0.2) is 4.68 Å². The number of nitrogens with two attached hydrogens (primary N) is 1. The van der Waals surface area contributed by atoms with Gasteiger partial charge in [0.05, 0.1) is 12.2 Å². The highest BCUT2D eigenvalue weighted by Crippen LogP contribution is 2.10. The second kappa shape index (κ2) is 5.27.